The van der Waals surface area contributed by atoms with E-state index in [9.17, 15) is 9.59 Å². The molecule has 0 unspecified atom stereocenters. The molecule has 1 saturated heterocycles. The van der Waals surface area contributed by atoms with Gasteiger partial charge in [0.05, 0.1) is 5.92 Å². The number of hydrogen-bond donors (Lipinski definition) is 1. The minimum absolute atomic E-state index is 0.0428. The molecular formula is C13H17N3O3. The van der Waals surface area contributed by atoms with Crippen LogP contribution in [0.3, 0.4) is 0 Å². The molecule has 0 aromatic carbocycles. The molecule has 102 valence electrons. The molecule has 6 nitrogen and oxygen atoms in total. The first kappa shape index (κ1) is 12.2. The average Bonchev–Trinajstić information content (AvgIpc) is 3.23. The molecule has 1 N–H and O–H groups in total. The highest BCUT2D eigenvalue weighted by Gasteiger charge is 2.29. The van der Waals surface area contributed by atoms with Gasteiger partial charge in [0, 0.05) is 31.5 Å². The monoisotopic (exact) mass is 263 g/mol. The first-order chi connectivity index (χ1) is 9.16. The van der Waals surface area contributed by atoms with E-state index in [2.05, 4.69) is 4.98 Å². The number of anilines is 1. The van der Waals surface area contributed by atoms with Crippen LogP contribution in [0, 0.1) is 5.92 Å². The van der Waals surface area contributed by atoms with Crippen molar-refractivity contribution in [1.29, 1.82) is 0 Å². The van der Waals surface area contributed by atoms with Gasteiger partial charge >= 0.3 is 5.97 Å². The lowest BCUT2D eigenvalue weighted by atomic mass is 9.97. The SMILES string of the molecule is O=C(O)C1CCN(c2nccn(C3CC3)c2=O)CC1. The fourth-order valence-corrected chi connectivity index (χ4v) is 2.61. The Labute approximate surface area is 110 Å². The summed E-state index contributed by atoms with van der Waals surface area (Å²) in [5, 5.41) is 8.97. The van der Waals surface area contributed by atoms with Gasteiger partial charge in [-0.15, -0.1) is 0 Å². The van der Waals surface area contributed by atoms with E-state index < -0.39 is 5.97 Å². The van der Waals surface area contributed by atoms with Gasteiger partial charge < -0.3 is 14.6 Å². The molecule has 0 bridgehead atoms. The predicted molar refractivity (Wildman–Crippen MR) is 69.3 cm³/mol. The molecule has 3 rings (SSSR count). The van der Waals surface area contributed by atoms with E-state index in [1.807, 2.05) is 4.90 Å². The third kappa shape index (κ3) is 2.34. The molecule has 1 aliphatic heterocycles. The quantitative estimate of drug-likeness (QED) is 0.876. The van der Waals surface area contributed by atoms with Gasteiger partial charge in [0.1, 0.15) is 0 Å². The summed E-state index contributed by atoms with van der Waals surface area (Å²) in [6.07, 6.45) is 6.68. The van der Waals surface area contributed by atoms with E-state index in [1.165, 1.54) is 0 Å². The van der Waals surface area contributed by atoms with Crippen LogP contribution in [-0.2, 0) is 4.79 Å². The number of hydrogen-bond acceptors (Lipinski definition) is 4. The van der Waals surface area contributed by atoms with Gasteiger partial charge in [-0.3, -0.25) is 9.59 Å². The van der Waals surface area contributed by atoms with Crippen LogP contribution in [0.4, 0.5) is 5.82 Å². The zero-order chi connectivity index (χ0) is 13.4. The molecule has 6 heteroatoms. The summed E-state index contributed by atoms with van der Waals surface area (Å²) in [5.41, 5.74) is -0.0428. The number of piperidine rings is 1. The van der Waals surface area contributed by atoms with E-state index in [0.29, 0.717) is 37.8 Å². The Hall–Kier alpha value is -1.85. The number of rotatable bonds is 3. The van der Waals surface area contributed by atoms with Crippen molar-refractivity contribution in [3.63, 3.8) is 0 Å². The van der Waals surface area contributed by atoms with Crippen LogP contribution in [0.25, 0.3) is 0 Å². The maximum Gasteiger partial charge on any atom is 0.306 e. The second kappa shape index (κ2) is 4.68. The van der Waals surface area contributed by atoms with Crippen LogP contribution < -0.4 is 10.5 Å². The molecule has 0 spiro atoms. The summed E-state index contributed by atoms with van der Waals surface area (Å²) in [6, 6.07) is 0.339. The molecule has 0 amide bonds. The molecule has 1 aliphatic carbocycles. The van der Waals surface area contributed by atoms with E-state index in [1.54, 1.807) is 17.0 Å². The van der Waals surface area contributed by atoms with E-state index in [-0.39, 0.29) is 11.5 Å². The fraction of sp³-hybridized carbons (Fsp3) is 0.615. The van der Waals surface area contributed by atoms with Crippen molar-refractivity contribution in [2.24, 2.45) is 5.92 Å². The second-order valence-corrected chi connectivity index (χ2v) is 5.29. The van der Waals surface area contributed by atoms with Crippen molar-refractivity contribution in [2.45, 2.75) is 31.7 Å². The van der Waals surface area contributed by atoms with Crippen LogP contribution in [-0.4, -0.2) is 33.7 Å². The molecule has 1 aromatic heterocycles. The fourth-order valence-electron chi connectivity index (χ4n) is 2.61. The van der Waals surface area contributed by atoms with Crippen molar-refractivity contribution in [3.05, 3.63) is 22.7 Å². The summed E-state index contributed by atoms with van der Waals surface area (Å²) in [5.74, 6) is -0.556. The van der Waals surface area contributed by atoms with Gasteiger partial charge in [-0.05, 0) is 25.7 Å². The van der Waals surface area contributed by atoms with Crippen LogP contribution in [0.5, 0.6) is 0 Å². The number of aliphatic carboxylic acids is 1. The zero-order valence-electron chi connectivity index (χ0n) is 10.7. The topological polar surface area (TPSA) is 75.4 Å². The first-order valence-electron chi connectivity index (χ1n) is 6.71. The van der Waals surface area contributed by atoms with Crippen molar-refractivity contribution >= 4 is 11.8 Å². The third-order valence-corrected chi connectivity index (χ3v) is 3.93. The third-order valence-electron chi connectivity index (χ3n) is 3.93. The molecule has 2 fully saturated rings. The van der Waals surface area contributed by atoms with Crippen molar-refractivity contribution in [3.8, 4) is 0 Å². The van der Waals surface area contributed by atoms with Gasteiger partial charge in [0.15, 0.2) is 5.82 Å². The minimum Gasteiger partial charge on any atom is -0.481 e. The first-order valence-corrected chi connectivity index (χ1v) is 6.71. The maximum atomic E-state index is 12.3. The summed E-state index contributed by atoms with van der Waals surface area (Å²) < 4.78 is 1.76. The van der Waals surface area contributed by atoms with E-state index in [0.717, 1.165) is 12.8 Å². The molecular weight excluding hydrogens is 246 g/mol. The van der Waals surface area contributed by atoms with Crippen LogP contribution in [0.1, 0.15) is 31.7 Å². The molecule has 2 aliphatic rings. The highest BCUT2D eigenvalue weighted by atomic mass is 16.4. The van der Waals surface area contributed by atoms with Crippen molar-refractivity contribution in [2.75, 3.05) is 18.0 Å². The van der Waals surface area contributed by atoms with E-state index in [4.69, 9.17) is 5.11 Å². The molecule has 1 saturated carbocycles. The van der Waals surface area contributed by atoms with Gasteiger partial charge in [-0.25, -0.2) is 4.98 Å². The van der Waals surface area contributed by atoms with Gasteiger partial charge in [0.2, 0.25) is 0 Å². The van der Waals surface area contributed by atoms with Crippen molar-refractivity contribution < 1.29 is 9.90 Å². The number of carboxylic acids is 1. The van der Waals surface area contributed by atoms with Gasteiger partial charge in [-0.2, -0.15) is 0 Å². The Kier molecular flexibility index (Phi) is 3.00. The Morgan fingerprint density at radius 2 is 1.95 bits per heavy atom. The normalized spacial score (nSPS) is 20.5. The minimum atomic E-state index is -0.740. The highest BCUT2D eigenvalue weighted by Crippen LogP contribution is 2.33. The Bertz CT molecular complexity index is 542. The lowest BCUT2D eigenvalue weighted by molar-refractivity contribution is -0.142. The smallest absolute Gasteiger partial charge is 0.306 e. The van der Waals surface area contributed by atoms with Gasteiger partial charge in [0.25, 0.3) is 5.56 Å². The number of nitrogens with zero attached hydrogens (tertiary/aromatic N) is 3. The summed E-state index contributed by atoms with van der Waals surface area (Å²) in [6.45, 7) is 1.18. The number of aromatic nitrogens is 2. The number of carboxylic acid groups (broad SMARTS) is 1. The lowest BCUT2D eigenvalue weighted by Gasteiger charge is -2.30. The molecule has 19 heavy (non-hydrogen) atoms. The Balaban J connectivity index is 1.78. The largest absolute Gasteiger partial charge is 0.481 e. The van der Waals surface area contributed by atoms with Crippen LogP contribution >= 0.6 is 0 Å². The standard InChI is InChI=1S/C13H17N3O3/c17-12-11(14-5-8-16(12)10-1-2-10)15-6-3-9(4-7-15)13(18)19/h5,8-10H,1-4,6-7H2,(H,18,19). The summed E-state index contributed by atoms with van der Waals surface area (Å²) in [7, 11) is 0. The maximum absolute atomic E-state index is 12.3. The summed E-state index contributed by atoms with van der Waals surface area (Å²) in [4.78, 5) is 29.3. The van der Waals surface area contributed by atoms with Crippen LogP contribution in [0.15, 0.2) is 17.2 Å². The lowest BCUT2D eigenvalue weighted by Crippen LogP contribution is -2.40. The molecule has 0 atom stereocenters. The summed E-state index contributed by atoms with van der Waals surface area (Å²) >= 11 is 0. The van der Waals surface area contributed by atoms with E-state index >= 15 is 0 Å². The average molecular weight is 263 g/mol. The van der Waals surface area contributed by atoms with Gasteiger partial charge in [-0.1, -0.05) is 0 Å². The predicted octanol–water partition coefficient (Wildman–Crippen LogP) is 0.879. The molecule has 0 radical (unpaired) electrons. The highest BCUT2D eigenvalue weighted by molar-refractivity contribution is 5.70. The molecule has 1 aromatic rings. The van der Waals surface area contributed by atoms with Crippen LogP contribution in [0.2, 0.25) is 0 Å². The second-order valence-electron chi connectivity index (χ2n) is 5.29. The van der Waals surface area contributed by atoms with Crippen molar-refractivity contribution in [1.82, 2.24) is 9.55 Å². The zero-order valence-corrected chi connectivity index (χ0v) is 10.7. The molecule has 2 heterocycles. The number of carbonyl (C=O) groups is 1. The Morgan fingerprint density at radius 1 is 1.26 bits per heavy atom. The Morgan fingerprint density at radius 3 is 2.53 bits per heavy atom.